The van der Waals surface area contributed by atoms with Crippen molar-refractivity contribution in [2.75, 3.05) is 11.9 Å². The molecule has 1 aromatic heterocycles. The Morgan fingerprint density at radius 3 is 2.91 bits per heavy atom. The standard InChI is InChI=1S/C14H17F2N5O2/c1-10-9-11(23-13(15)16)3-4-12(10)19-14(22)17-5-2-7-21-8-6-18-20-21/h3-4,6,8-9,13H,2,5,7H2,1H3,(H2,17,19,22). The van der Waals surface area contributed by atoms with Crippen molar-refractivity contribution in [2.24, 2.45) is 0 Å². The first-order chi connectivity index (χ1) is 11.0. The lowest BCUT2D eigenvalue weighted by Crippen LogP contribution is -2.30. The number of alkyl halides is 2. The number of carbonyl (C=O) groups is 1. The molecule has 0 aliphatic rings. The first kappa shape index (κ1) is 16.7. The molecular formula is C14H17F2N5O2. The number of aromatic nitrogens is 3. The number of aryl methyl sites for hydroxylation is 2. The summed E-state index contributed by atoms with van der Waals surface area (Å²) < 4.78 is 30.2. The molecule has 9 heteroatoms. The number of nitrogens with zero attached hydrogens (tertiary/aromatic N) is 3. The Morgan fingerprint density at radius 1 is 1.43 bits per heavy atom. The van der Waals surface area contributed by atoms with Gasteiger partial charge < -0.3 is 15.4 Å². The van der Waals surface area contributed by atoms with Gasteiger partial charge in [0.15, 0.2) is 0 Å². The van der Waals surface area contributed by atoms with E-state index in [0.717, 1.165) is 0 Å². The molecule has 0 radical (unpaired) electrons. The van der Waals surface area contributed by atoms with E-state index in [2.05, 4.69) is 25.7 Å². The van der Waals surface area contributed by atoms with Gasteiger partial charge in [0, 0.05) is 25.0 Å². The van der Waals surface area contributed by atoms with Crippen molar-refractivity contribution < 1.29 is 18.3 Å². The fourth-order valence-electron chi connectivity index (χ4n) is 1.91. The molecule has 0 fully saturated rings. The van der Waals surface area contributed by atoms with Crippen molar-refractivity contribution in [3.05, 3.63) is 36.2 Å². The van der Waals surface area contributed by atoms with Crippen LogP contribution in [-0.2, 0) is 6.54 Å². The Labute approximate surface area is 131 Å². The lowest BCUT2D eigenvalue weighted by atomic mass is 10.2. The predicted octanol–water partition coefficient (Wildman–Crippen LogP) is 2.40. The van der Waals surface area contributed by atoms with E-state index < -0.39 is 6.61 Å². The minimum atomic E-state index is -2.87. The molecule has 0 aliphatic heterocycles. The number of hydrogen-bond acceptors (Lipinski definition) is 4. The molecule has 2 N–H and O–H groups in total. The summed E-state index contributed by atoms with van der Waals surface area (Å²) in [6, 6.07) is 3.96. The van der Waals surface area contributed by atoms with E-state index in [4.69, 9.17) is 0 Å². The average molecular weight is 325 g/mol. The molecule has 124 valence electrons. The fraction of sp³-hybridized carbons (Fsp3) is 0.357. The van der Waals surface area contributed by atoms with Gasteiger partial charge in [0.05, 0.1) is 6.20 Å². The van der Waals surface area contributed by atoms with E-state index in [9.17, 15) is 13.6 Å². The van der Waals surface area contributed by atoms with Gasteiger partial charge in [0.2, 0.25) is 0 Å². The van der Waals surface area contributed by atoms with Gasteiger partial charge in [0.25, 0.3) is 0 Å². The Balaban J connectivity index is 1.76. The van der Waals surface area contributed by atoms with Crippen LogP contribution in [-0.4, -0.2) is 34.2 Å². The molecule has 0 aliphatic carbocycles. The van der Waals surface area contributed by atoms with E-state index >= 15 is 0 Å². The molecule has 2 aromatic rings. The van der Waals surface area contributed by atoms with Crippen molar-refractivity contribution in [2.45, 2.75) is 26.5 Å². The number of hydrogen-bond donors (Lipinski definition) is 2. The van der Waals surface area contributed by atoms with Crippen molar-refractivity contribution in [1.29, 1.82) is 0 Å². The fourth-order valence-corrected chi connectivity index (χ4v) is 1.91. The monoisotopic (exact) mass is 325 g/mol. The molecule has 1 heterocycles. The smallest absolute Gasteiger partial charge is 0.387 e. The largest absolute Gasteiger partial charge is 0.435 e. The number of urea groups is 1. The normalized spacial score (nSPS) is 10.6. The maximum absolute atomic E-state index is 12.1. The SMILES string of the molecule is Cc1cc(OC(F)F)ccc1NC(=O)NCCCn1ccnn1. The maximum atomic E-state index is 12.1. The third-order valence-electron chi connectivity index (χ3n) is 2.99. The van der Waals surface area contributed by atoms with Crippen molar-refractivity contribution in [1.82, 2.24) is 20.3 Å². The highest BCUT2D eigenvalue weighted by Crippen LogP contribution is 2.22. The van der Waals surface area contributed by atoms with Gasteiger partial charge in [-0.15, -0.1) is 5.10 Å². The van der Waals surface area contributed by atoms with Crippen LogP contribution in [0, 0.1) is 6.92 Å². The van der Waals surface area contributed by atoms with Crippen molar-refractivity contribution in [3.63, 3.8) is 0 Å². The topological polar surface area (TPSA) is 81.1 Å². The van der Waals surface area contributed by atoms with Crippen LogP contribution in [0.15, 0.2) is 30.6 Å². The van der Waals surface area contributed by atoms with Crippen LogP contribution in [0.4, 0.5) is 19.3 Å². The number of carbonyl (C=O) groups excluding carboxylic acids is 1. The zero-order valence-electron chi connectivity index (χ0n) is 12.5. The van der Waals surface area contributed by atoms with Gasteiger partial charge in [-0.25, -0.2) is 4.79 Å². The molecule has 0 atom stereocenters. The summed E-state index contributed by atoms with van der Waals surface area (Å²) in [5.41, 5.74) is 1.15. The number of nitrogens with one attached hydrogen (secondary N) is 2. The van der Waals surface area contributed by atoms with Crippen LogP contribution in [0.5, 0.6) is 5.75 Å². The second-order valence-corrected chi connectivity index (χ2v) is 4.76. The lowest BCUT2D eigenvalue weighted by Gasteiger charge is -2.11. The quantitative estimate of drug-likeness (QED) is 0.766. The predicted molar refractivity (Wildman–Crippen MR) is 79.5 cm³/mol. The third kappa shape index (κ3) is 5.53. The summed E-state index contributed by atoms with van der Waals surface area (Å²) in [7, 11) is 0. The van der Waals surface area contributed by atoms with Gasteiger partial charge in [-0.1, -0.05) is 5.21 Å². The summed E-state index contributed by atoms with van der Waals surface area (Å²) in [5.74, 6) is 0.0521. The molecule has 0 saturated heterocycles. The van der Waals surface area contributed by atoms with Gasteiger partial charge in [-0.05, 0) is 37.1 Å². The zero-order chi connectivity index (χ0) is 16.7. The molecular weight excluding hydrogens is 308 g/mol. The molecule has 0 unspecified atom stereocenters. The summed E-state index contributed by atoms with van der Waals surface area (Å²) in [6.45, 7) is -0.0592. The average Bonchev–Trinajstić information content (AvgIpc) is 2.99. The Morgan fingerprint density at radius 2 is 2.26 bits per heavy atom. The van der Waals surface area contributed by atoms with E-state index in [1.54, 1.807) is 24.0 Å². The number of benzene rings is 1. The molecule has 0 spiro atoms. The zero-order valence-corrected chi connectivity index (χ0v) is 12.5. The van der Waals surface area contributed by atoms with E-state index in [0.29, 0.717) is 30.8 Å². The van der Waals surface area contributed by atoms with Gasteiger partial charge in [-0.3, -0.25) is 4.68 Å². The Hall–Kier alpha value is -2.71. The minimum Gasteiger partial charge on any atom is -0.435 e. The first-order valence-corrected chi connectivity index (χ1v) is 6.99. The molecule has 23 heavy (non-hydrogen) atoms. The summed E-state index contributed by atoms with van der Waals surface area (Å²) in [4.78, 5) is 11.8. The molecule has 1 aromatic carbocycles. The van der Waals surface area contributed by atoms with Crippen LogP contribution in [0.2, 0.25) is 0 Å². The molecule has 0 bridgehead atoms. The number of halogens is 2. The number of rotatable bonds is 7. The van der Waals surface area contributed by atoms with Crippen molar-refractivity contribution in [3.8, 4) is 5.75 Å². The molecule has 7 nitrogen and oxygen atoms in total. The van der Waals surface area contributed by atoms with Crippen LogP contribution in [0.25, 0.3) is 0 Å². The van der Waals surface area contributed by atoms with Crippen LogP contribution < -0.4 is 15.4 Å². The second kappa shape index (κ2) is 8.06. The lowest BCUT2D eigenvalue weighted by molar-refractivity contribution is -0.0498. The summed E-state index contributed by atoms with van der Waals surface area (Å²) in [5, 5.41) is 12.9. The Kier molecular flexibility index (Phi) is 5.84. The van der Waals surface area contributed by atoms with Crippen molar-refractivity contribution >= 4 is 11.7 Å². The molecule has 2 amide bonds. The van der Waals surface area contributed by atoms with Crippen LogP contribution in [0.1, 0.15) is 12.0 Å². The van der Waals surface area contributed by atoms with Gasteiger partial charge >= 0.3 is 12.6 Å². The van der Waals surface area contributed by atoms with Crippen LogP contribution in [0.3, 0.4) is 0 Å². The number of anilines is 1. The maximum Gasteiger partial charge on any atom is 0.387 e. The number of amides is 2. The van der Waals surface area contributed by atoms with Gasteiger partial charge in [0.1, 0.15) is 5.75 Å². The molecule has 0 saturated carbocycles. The highest BCUT2D eigenvalue weighted by Gasteiger charge is 2.08. The van der Waals surface area contributed by atoms with Crippen LogP contribution >= 0.6 is 0 Å². The highest BCUT2D eigenvalue weighted by atomic mass is 19.3. The van der Waals surface area contributed by atoms with E-state index in [1.807, 2.05) is 0 Å². The summed E-state index contributed by atoms with van der Waals surface area (Å²) in [6.07, 6.45) is 4.04. The van der Waals surface area contributed by atoms with E-state index in [-0.39, 0.29) is 11.8 Å². The first-order valence-electron chi connectivity index (χ1n) is 6.99. The second-order valence-electron chi connectivity index (χ2n) is 4.76. The van der Waals surface area contributed by atoms with E-state index in [1.165, 1.54) is 18.2 Å². The number of ether oxygens (including phenoxy) is 1. The minimum absolute atomic E-state index is 0.0521. The van der Waals surface area contributed by atoms with Gasteiger partial charge in [-0.2, -0.15) is 8.78 Å². The highest BCUT2D eigenvalue weighted by molar-refractivity contribution is 5.90. The third-order valence-corrected chi connectivity index (χ3v) is 2.99. The Bertz CT molecular complexity index is 634. The molecule has 2 rings (SSSR count). The summed E-state index contributed by atoms with van der Waals surface area (Å²) >= 11 is 0.